The molecule has 0 aliphatic rings. The average molecular weight is 347 g/mol. The predicted octanol–water partition coefficient (Wildman–Crippen LogP) is 2.67. The third-order valence-electron chi connectivity index (χ3n) is 2.76. The molecular formula is C15H15BrN4O. The summed E-state index contributed by atoms with van der Waals surface area (Å²) >= 11 is 3.51. The largest absolute Gasteiger partial charge is 0.377 e. The molecule has 0 fully saturated rings. The lowest BCUT2D eigenvalue weighted by atomic mass is 10.2. The highest BCUT2D eigenvalue weighted by atomic mass is 79.9. The summed E-state index contributed by atoms with van der Waals surface area (Å²) < 4.78 is 0.968. The van der Waals surface area contributed by atoms with Gasteiger partial charge in [-0.15, -0.1) is 0 Å². The number of rotatable bonds is 4. The van der Waals surface area contributed by atoms with E-state index in [1.807, 2.05) is 37.2 Å². The van der Waals surface area contributed by atoms with Gasteiger partial charge in [-0.25, -0.2) is 5.43 Å². The van der Waals surface area contributed by atoms with E-state index in [2.05, 4.69) is 31.4 Å². The van der Waals surface area contributed by atoms with E-state index in [9.17, 15) is 4.79 Å². The van der Waals surface area contributed by atoms with Crippen LogP contribution >= 0.6 is 15.9 Å². The number of hydrogen-bond acceptors (Lipinski definition) is 4. The van der Waals surface area contributed by atoms with Gasteiger partial charge >= 0.3 is 0 Å². The van der Waals surface area contributed by atoms with Crippen LogP contribution in [0.4, 0.5) is 5.69 Å². The van der Waals surface area contributed by atoms with Crippen LogP contribution < -0.4 is 10.3 Å². The molecule has 0 aliphatic carbocycles. The topological polar surface area (TPSA) is 57.6 Å². The second-order valence-electron chi connectivity index (χ2n) is 4.55. The minimum Gasteiger partial charge on any atom is -0.377 e. The molecular weight excluding hydrogens is 332 g/mol. The molecule has 0 bridgehead atoms. The first kappa shape index (κ1) is 15.2. The molecule has 1 aromatic carbocycles. The quantitative estimate of drug-likeness (QED) is 0.683. The molecule has 1 aromatic heterocycles. The molecule has 108 valence electrons. The zero-order chi connectivity index (χ0) is 15.2. The van der Waals surface area contributed by atoms with Gasteiger partial charge in [-0.3, -0.25) is 9.78 Å². The minimum absolute atomic E-state index is 0.289. The lowest BCUT2D eigenvalue weighted by Gasteiger charge is -2.14. The van der Waals surface area contributed by atoms with Crippen LogP contribution in [0, 0.1) is 0 Å². The number of carbonyl (C=O) groups excluding carboxylic acids is 1. The van der Waals surface area contributed by atoms with Crippen LogP contribution in [0.2, 0.25) is 0 Å². The molecule has 0 spiro atoms. The van der Waals surface area contributed by atoms with Crippen molar-refractivity contribution in [3.8, 4) is 0 Å². The van der Waals surface area contributed by atoms with Gasteiger partial charge in [0.25, 0.3) is 5.91 Å². The van der Waals surface area contributed by atoms with Gasteiger partial charge in [0, 0.05) is 31.0 Å². The number of halogens is 1. The molecule has 0 aliphatic heterocycles. The van der Waals surface area contributed by atoms with Gasteiger partial charge in [-0.1, -0.05) is 6.07 Å². The summed E-state index contributed by atoms with van der Waals surface area (Å²) in [4.78, 5) is 17.7. The first-order valence-corrected chi connectivity index (χ1v) is 7.07. The van der Waals surface area contributed by atoms with Crippen molar-refractivity contribution in [1.82, 2.24) is 10.4 Å². The molecule has 0 saturated heterocycles. The summed E-state index contributed by atoms with van der Waals surface area (Å²) in [6.07, 6.45) is 4.70. The maximum atomic E-state index is 11.8. The van der Waals surface area contributed by atoms with E-state index < -0.39 is 0 Å². The Hall–Kier alpha value is -2.21. The molecule has 5 nitrogen and oxygen atoms in total. The van der Waals surface area contributed by atoms with Gasteiger partial charge in [-0.05, 0) is 45.8 Å². The number of hydrogen-bond donors (Lipinski definition) is 1. The molecule has 1 amide bonds. The fourth-order valence-electron chi connectivity index (χ4n) is 1.69. The van der Waals surface area contributed by atoms with Crippen LogP contribution in [0.5, 0.6) is 0 Å². The Labute approximate surface area is 131 Å². The number of hydrazone groups is 1. The van der Waals surface area contributed by atoms with Gasteiger partial charge in [0.15, 0.2) is 0 Å². The molecule has 1 N–H and O–H groups in total. The number of anilines is 1. The van der Waals surface area contributed by atoms with Gasteiger partial charge < -0.3 is 4.90 Å². The minimum atomic E-state index is -0.289. The number of nitrogens with zero attached hydrogens (tertiary/aromatic N) is 3. The van der Waals surface area contributed by atoms with Gasteiger partial charge in [0.1, 0.15) is 0 Å². The molecule has 6 heteroatoms. The number of benzene rings is 1. The van der Waals surface area contributed by atoms with E-state index >= 15 is 0 Å². The van der Waals surface area contributed by atoms with E-state index in [0.717, 1.165) is 15.7 Å². The SMILES string of the molecule is CN(C)c1ccc(/C=N/NC(=O)c2cccnc2)cc1Br. The zero-order valence-corrected chi connectivity index (χ0v) is 13.3. The Bertz CT molecular complexity index is 656. The molecule has 1 heterocycles. The van der Waals surface area contributed by atoms with Crippen molar-refractivity contribution in [3.63, 3.8) is 0 Å². The van der Waals surface area contributed by atoms with Gasteiger partial charge in [-0.2, -0.15) is 5.10 Å². The summed E-state index contributed by atoms with van der Waals surface area (Å²) in [5.74, 6) is -0.289. The number of aromatic nitrogens is 1. The number of amides is 1. The molecule has 0 radical (unpaired) electrons. The molecule has 0 saturated carbocycles. The molecule has 0 atom stereocenters. The first-order chi connectivity index (χ1) is 10.1. The highest BCUT2D eigenvalue weighted by Gasteiger charge is 2.04. The van der Waals surface area contributed by atoms with Crippen LogP contribution in [0.15, 0.2) is 52.3 Å². The Morgan fingerprint density at radius 2 is 2.19 bits per heavy atom. The zero-order valence-electron chi connectivity index (χ0n) is 11.7. The van der Waals surface area contributed by atoms with Crippen LogP contribution in [-0.4, -0.2) is 31.2 Å². The van der Waals surface area contributed by atoms with Crippen molar-refractivity contribution in [3.05, 3.63) is 58.3 Å². The third kappa shape index (κ3) is 4.13. The van der Waals surface area contributed by atoms with Crippen LogP contribution in [0.25, 0.3) is 0 Å². The standard InChI is InChI=1S/C15H15BrN4O/c1-20(2)14-6-5-11(8-13(14)16)9-18-19-15(21)12-4-3-7-17-10-12/h3-10H,1-2H3,(H,19,21)/b18-9+. The highest BCUT2D eigenvalue weighted by Crippen LogP contribution is 2.25. The number of pyridine rings is 1. The normalized spacial score (nSPS) is 10.6. The molecule has 21 heavy (non-hydrogen) atoms. The maximum Gasteiger partial charge on any atom is 0.272 e. The first-order valence-electron chi connectivity index (χ1n) is 6.28. The van der Waals surface area contributed by atoms with Crippen molar-refractivity contribution in [2.45, 2.75) is 0 Å². The smallest absolute Gasteiger partial charge is 0.272 e. The second-order valence-corrected chi connectivity index (χ2v) is 5.40. The lowest BCUT2D eigenvalue weighted by molar-refractivity contribution is 0.0955. The summed E-state index contributed by atoms with van der Waals surface area (Å²) in [7, 11) is 3.95. The molecule has 0 unspecified atom stereocenters. The summed E-state index contributed by atoms with van der Waals surface area (Å²) in [5.41, 5.74) is 4.90. The number of carbonyl (C=O) groups is 1. The fraction of sp³-hybridized carbons (Fsp3) is 0.133. The van der Waals surface area contributed by atoms with Gasteiger partial charge in [0.2, 0.25) is 0 Å². The van der Waals surface area contributed by atoms with Crippen molar-refractivity contribution >= 4 is 33.7 Å². The van der Waals surface area contributed by atoms with Crippen molar-refractivity contribution in [2.75, 3.05) is 19.0 Å². The van der Waals surface area contributed by atoms with Gasteiger partial charge in [0.05, 0.1) is 17.5 Å². The maximum absolute atomic E-state index is 11.8. The summed E-state index contributed by atoms with van der Waals surface area (Å²) in [6.45, 7) is 0. The van der Waals surface area contributed by atoms with Crippen molar-refractivity contribution in [2.24, 2.45) is 5.10 Å². The second kappa shape index (κ2) is 6.99. The Balaban J connectivity index is 2.02. The van der Waals surface area contributed by atoms with Crippen molar-refractivity contribution < 1.29 is 4.79 Å². The predicted molar refractivity (Wildman–Crippen MR) is 87.8 cm³/mol. The fourth-order valence-corrected chi connectivity index (χ4v) is 2.44. The Kier molecular flexibility index (Phi) is 5.05. The third-order valence-corrected chi connectivity index (χ3v) is 3.39. The van der Waals surface area contributed by atoms with Crippen molar-refractivity contribution in [1.29, 1.82) is 0 Å². The Morgan fingerprint density at radius 1 is 1.38 bits per heavy atom. The van der Waals surface area contributed by atoms with E-state index in [0.29, 0.717) is 5.56 Å². The average Bonchev–Trinajstić information content (AvgIpc) is 2.47. The van der Waals surface area contributed by atoms with E-state index in [1.54, 1.807) is 24.5 Å². The van der Waals surface area contributed by atoms with E-state index in [4.69, 9.17) is 0 Å². The molecule has 2 aromatic rings. The van der Waals surface area contributed by atoms with Crippen LogP contribution in [-0.2, 0) is 0 Å². The summed E-state index contributed by atoms with van der Waals surface area (Å²) in [5, 5.41) is 3.95. The lowest BCUT2D eigenvalue weighted by Crippen LogP contribution is -2.17. The highest BCUT2D eigenvalue weighted by molar-refractivity contribution is 9.10. The van der Waals surface area contributed by atoms with E-state index in [-0.39, 0.29) is 5.91 Å². The molecule has 2 rings (SSSR count). The summed E-state index contributed by atoms with van der Waals surface area (Å²) in [6, 6.07) is 9.24. The monoisotopic (exact) mass is 346 g/mol. The van der Waals surface area contributed by atoms with Crippen LogP contribution in [0.3, 0.4) is 0 Å². The Morgan fingerprint density at radius 3 is 2.81 bits per heavy atom. The van der Waals surface area contributed by atoms with Crippen LogP contribution in [0.1, 0.15) is 15.9 Å². The number of nitrogens with one attached hydrogen (secondary N) is 1. The van der Waals surface area contributed by atoms with E-state index in [1.165, 1.54) is 6.20 Å².